The van der Waals surface area contributed by atoms with Gasteiger partial charge in [-0.3, -0.25) is 14.6 Å². The van der Waals surface area contributed by atoms with Gasteiger partial charge in [0.05, 0.1) is 12.0 Å². The number of rotatable bonds is 5. The number of nitrogens with two attached hydrogens (primary N) is 1. The third kappa shape index (κ3) is 4.72. The van der Waals surface area contributed by atoms with Crippen molar-refractivity contribution >= 4 is 5.91 Å². The topological polar surface area (TPSA) is 81.8 Å². The largest absolute Gasteiger partial charge is 0.390 e. The Morgan fingerprint density at radius 3 is 2.63 bits per heavy atom. The van der Waals surface area contributed by atoms with Crippen LogP contribution in [0.25, 0.3) is 0 Å². The van der Waals surface area contributed by atoms with Crippen LogP contribution < -0.4 is 11.1 Å². The van der Waals surface area contributed by atoms with Crippen LogP contribution in [0.2, 0.25) is 0 Å². The number of amides is 1. The molecule has 6 heteroatoms. The Bertz CT molecular complexity index is 294. The van der Waals surface area contributed by atoms with Crippen LogP contribution in [0.4, 0.5) is 0 Å². The number of hydrogen-bond acceptors (Lipinski definition) is 5. The first kappa shape index (κ1) is 14.7. The average molecular weight is 270 g/mol. The average Bonchev–Trinajstić information content (AvgIpc) is 2.40. The van der Waals surface area contributed by atoms with Crippen molar-refractivity contribution in [2.45, 2.75) is 18.9 Å². The molecular weight excluding hydrogens is 244 g/mol. The number of β-amino-alcohol motifs (C(OH)–C–C–N with tert-alkyl or cyclic N) is 1. The Hall–Kier alpha value is -0.690. The Morgan fingerprint density at radius 2 is 1.95 bits per heavy atom. The predicted molar refractivity (Wildman–Crippen MR) is 73.7 cm³/mol. The van der Waals surface area contributed by atoms with Crippen LogP contribution >= 0.6 is 0 Å². The summed E-state index contributed by atoms with van der Waals surface area (Å²) in [7, 11) is 0. The van der Waals surface area contributed by atoms with Gasteiger partial charge in [-0.15, -0.1) is 0 Å². The summed E-state index contributed by atoms with van der Waals surface area (Å²) in [5, 5.41) is 13.5. The zero-order valence-corrected chi connectivity index (χ0v) is 11.6. The van der Waals surface area contributed by atoms with Gasteiger partial charge >= 0.3 is 0 Å². The van der Waals surface area contributed by atoms with Gasteiger partial charge in [-0.25, -0.2) is 0 Å². The molecular formula is C13H26N4O2. The number of primary amides is 1. The van der Waals surface area contributed by atoms with Crippen LogP contribution in [-0.2, 0) is 4.79 Å². The lowest BCUT2D eigenvalue weighted by Gasteiger charge is -2.34. The minimum Gasteiger partial charge on any atom is -0.390 e. The third-order valence-electron chi connectivity index (χ3n) is 4.06. The maximum atomic E-state index is 11.2. The molecule has 6 nitrogen and oxygen atoms in total. The van der Waals surface area contributed by atoms with E-state index in [0.717, 1.165) is 52.1 Å². The SMILES string of the molecule is NC(=O)C1CCCN(CC(O)CN2CCNCC2)C1. The molecule has 2 aliphatic rings. The highest BCUT2D eigenvalue weighted by Gasteiger charge is 2.25. The molecule has 2 saturated heterocycles. The van der Waals surface area contributed by atoms with E-state index in [1.165, 1.54) is 0 Å². The van der Waals surface area contributed by atoms with Crippen LogP contribution in [0.3, 0.4) is 0 Å². The fourth-order valence-electron chi connectivity index (χ4n) is 3.00. The van der Waals surface area contributed by atoms with Gasteiger partial charge in [0.25, 0.3) is 0 Å². The Kier molecular flexibility index (Phi) is 5.57. The van der Waals surface area contributed by atoms with Gasteiger partial charge in [0.2, 0.25) is 5.91 Å². The van der Waals surface area contributed by atoms with E-state index in [4.69, 9.17) is 5.73 Å². The number of hydrogen-bond donors (Lipinski definition) is 3. The van der Waals surface area contributed by atoms with Crippen LogP contribution in [0.15, 0.2) is 0 Å². The van der Waals surface area contributed by atoms with Crippen LogP contribution in [-0.4, -0.2) is 79.3 Å². The number of piperazine rings is 1. The number of nitrogens with one attached hydrogen (secondary N) is 1. The molecule has 2 heterocycles. The number of aliphatic hydroxyl groups excluding tert-OH is 1. The number of carbonyl (C=O) groups is 1. The smallest absolute Gasteiger partial charge is 0.221 e. The van der Waals surface area contributed by atoms with E-state index in [1.807, 2.05) is 0 Å². The van der Waals surface area contributed by atoms with Gasteiger partial charge in [0.15, 0.2) is 0 Å². The quantitative estimate of drug-likeness (QED) is 0.563. The summed E-state index contributed by atoms with van der Waals surface area (Å²) in [4.78, 5) is 15.7. The van der Waals surface area contributed by atoms with Crippen molar-refractivity contribution in [3.05, 3.63) is 0 Å². The molecule has 1 amide bonds. The minimum atomic E-state index is -0.343. The molecule has 0 aromatic carbocycles. The molecule has 19 heavy (non-hydrogen) atoms. The number of piperidine rings is 1. The van der Waals surface area contributed by atoms with Crippen molar-refractivity contribution < 1.29 is 9.90 Å². The third-order valence-corrected chi connectivity index (χ3v) is 4.06. The van der Waals surface area contributed by atoms with Crippen LogP contribution in [0.5, 0.6) is 0 Å². The van der Waals surface area contributed by atoms with Crippen LogP contribution in [0, 0.1) is 5.92 Å². The second-order valence-electron chi connectivity index (χ2n) is 5.71. The standard InChI is InChI=1S/C13H26N4O2/c14-13(19)11-2-1-5-17(8-11)10-12(18)9-16-6-3-15-4-7-16/h11-12,15,18H,1-10H2,(H2,14,19). The minimum absolute atomic E-state index is 0.0415. The van der Waals surface area contributed by atoms with Gasteiger partial charge in [-0.2, -0.15) is 0 Å². The summed E-state index contributed by atoms with van der Waals surface area (Å²) in [6, 6.07) is 0. The zero-order valence-electron chi connectivity index (χ0n) is 11.6. The van der Waals surface area contributed by atoms with Crippen molar-refractivity contribution in [2.24, 2.45) is 11.7 Å². The summed E-state index contributed by atoms with van der Waals surface area (Å²) in [5.41, 5.74) is 5.37. The number of aliphatic hydroxyl groups is 1. The Morgan fingerprint density at radius 1 is 1.26 bits per heavy atom. The fraction of sp³-hybridized carbons (Fsp3) is 0.923. The second-order valence-corrected chi connectivity index (χ2v) is 5.71. The van der Waals surface area contributed by atoms with Gasteiger partial charge < -0.3 is 16.2 Å². The van der Waals surface area contributed by atoms with Crippen molar-refractivity contribution in [1.29, 1.82) is 0 Å². The van der Waals surface area contributed by atoms with E-state index < -0.39 is 0 Å². The summed E-state index contributed by atoms with van der Waals surface area (Å²) in [6.07, 6.45) is 1.54. The van der Waals surface area contributed by atoms with E-state index in [1.54, 1.807) is 0 Å². The molecule has 0 aromatic rings. The highest BCUT2D eigenvalue weighted by molar-refractivity contribution is 5.76. The molecule has 110 valence electrons. The molecule has 0 saturated carbocycles. The van der Waals surface area contributed by atoms with Crippen molar-refractivity contribution in [2.75, 3.05) is 52.4 Å². The molecule has 4 N–H and O–H groups in total. The van der Waals surface area contributed by atoms with Crippen LogP contribution in [0.1, 0.15) is 12.8 Å². The van der Waals surface area contributed by atoms with Gasteiger partial charge in [-0.1, -0.05) is 0 Å². The Balaban J connectivity index is 1.71. The molecule has 2 aliphatic heterocycles. The summed E-state index contributed by atoms with van der Waals surface area (Å²) in [5.74, 6) is -0.249. The molecule has 2 fully saturated rings. The normalized spacial score (nSPS) is 28.2. The van der Waals surface area contributed by atoms with Gasteiger partial charge in [0.1, 0.15) is 0 Å². The first-order valence-corrected chi connectivity index (χ1v) is 7.28. The maximum absolute atomic E-state index is 11.2. The Labute approximate surface area is 114 Å². The highest BCUT2D eigenvalue weighted by Crippen LogP contribution is 2.16. The lowest BCUT2D eigenvalue weighted by atomic mass is 9.97. The second kappa shape index (κ2) is 7.19. The predicted octanol–water partition coefficient (Wildman–Crippen LogP) is -1.55. The fourth-order valence-corrected chi connectivity index (χ4v) is 3.00. The van der Waals surface area contributed by atoms with E-state index in [2.05, 4.69) is 15.1 Å². The molecule has 0 radical (unpaired) electrons. The lowest BCUT2D eigenvalue weighted by molar-refractivity contribution is -0.123. The van der Waals surface area contributed by atoms with E-state index in [-0.39, 0.29) is 17.9 Å². The van der Waals surface area contributed by atoms with E-state index in [9.17, 15) is 9.90 Å². The monoisotopic (exact) mass is 270 g/mol. The van der Waals surface area contributed by atoms with Crippen molar-refractivity contribution in [3.63, 3.8) is 0 Å². The lowest BCUT2D eigenvalue weighted by Crippen LogP contribution is -2.50. The molecule has 0 aliphatic carbocycles. The molecule has 0 bridgehead atoms. The number of nitrogens with zero attached hydrogens (tertiary/aromatic N) is 2. The number of carbonyl (C=O) groups excluding carboxylic acids is 1. The van der Waals surface area contributed by atoms with Crippen molar-refractivity contribution in [1.82, 2.24) is 15.1 Å². The highest BCUT2D eigenvalue weighted by atomic mass is 16.3. The summed E-state index contributed by atoms with van der Waals surface area (Å²) in [6.45, 7) is 7.03. The van der Waals surface area contributed by atoms with Gasteiger partial charge in [-0.05, 0) is 19.4 Å². The van der Waals surface area contributed by atoms with Gasteiger partial charge in [0, 0.05) is 45.8 Å². The first-order valence-electron chi connectivity index (χ1n) is 7.28. The van der Waals surface area contributed by atoms with E-state index >= 15 is 0 Å². The van der Waals surface area contributed by atoms with Crippen molar-refractivity contribution in [3.8, 4) is 0 Å². The molecule has 0 spiro atoms. The molecule has 2 rings (SSSR count). The summed E-state index contributed by atoms with van der Waals surface area (Å²) < 4.78 is 0. The number of likely N-dealkylation sites (tertiary alicyclic amines) is 1. The molecule has 2 atom stereocenters. The zero-order chi connectivity index (χ0) is 13.7. The maximum Gasteiger partial charge on any atom is 0.221 e. The van der Waals surface area contributed by atoms with E-state index in [0.29, 0.717) is 13.1 Å². The molecule has 2 unspecified atom stereocenters. The first-order chi connectivity index (χ1) is 9.15. The summed E-state index contributed by atoms with van der Waals surface area (Å²) >= 11 is 0. The molecule has 0 aromatic heterocycles.